The van der Waals surface area contributed by atoms with Gasteiger partial charge >= 0.3 is 0 Å². The first-order valence-electron chi connectivity index (χ1n) is 8.61. The summed E-state index contributed by atoms with van der Waals surface area (Å²) in [7, 11) is 0. The van der Waals surface area contributed by atoms with Crippen LogP contribution in [-0.2, 0) is 19.0 Å². The molecule has 0 saturated heterocycles. The molecule has 0 aromatic carbocycles. The van der Waals surface area contributed by atoms with Crippen molar-refractivity contribution >= 4 is 17.9 Å². The Morgan fingerprint density at radius 1 is 0.909 bits per heavy atom. The molecule has 0 rings (SSSR count). The maximum Gasteiger partial charge on any atom is 0.151 e. The van der Waals surface area contributed by atoms with Gasteiger partial charge in [0.15, 0.2) is 6.29 Å². The molecule has 0 aromatic heterocycles. The Morgan fingerprint density at radius 3 is 2.00 bits per heavy atom. The Kier molecular flexibility index (Phi) is 15.6. The van der Waals surface area contributed by atoms with Crippen LogP contribution < -0.4 is 0 Å². The molecular weight excluding hydrogens is 304 g/mol. The van der Waals surface area contributed by atoms with Crippen LogP contribution in [0.25, 0.3) is 0 Å². The van der Waals surface area contributed by atoms with Gasteiger partial charge in [-0.2, -0.15) is 0 Å². The molecule has 0 radical (unpaired) electrons. The van der Waals surface area contributed by atoms with Gasteiger partial charge in [-0.25, -0.2) is 0 Å². The minimum Gasteiger partial charge on any atom is -0.380 e. The van der Waals surface area contributed by atoms with Gasteiger partial charge in [0, 0.05) is 19.8 Å². The molecule has 3 unspecified atom stereocenters. The number of carbonyl (C=O) groups excluding carboxylic acids is 1. The predicted octanol–water partition coefficient (Wildman–Crippen LogP) is 3.98. The summed E-state index contributed by atoms with van der Waals surface area (Å²) in [5, 5.41) is -0.384. The van der Waals surface area contributed by atoms with E-state index < -0.39 is 12.2 Å². The SMILES string of the molecule is CCCCOCC(Cl)C(OCCCC)C(C=O)OCCCC. The van der Waals surface area contributed by atoms with Crippen LogP contribution in [0.5, 0.6) is 0 Å². The summed E-state index contributed by atoms with van der Waals surface area (Å²) in [6, 6.07) is 0. The molecule has 0 saturated carbocycles. The summed E-state index contributed by atoms with van der Waals surface area (Å²) < 4.78 is 17.0. The number of ether oxygens (including phenoxy) is 3. The summed E-state index contributed by atoms with van der Waals surface area (Å²) in [5.74, 6) is 0. The summed E-state index contributed by atoms with van der Waals surface area (Å²) in [5.41, 5.74) is 0. The van der Waals surface area contributed by atoms with E-state index in [-0.39, 0.29) is 5.38 Å². The first kappa shape index (κ1) is 21.8. The lowest BCUT2D eigenvalue weighted by molar-refractivity contribution is -0.131. The first-order valence-corrected chi connectivity index (χ1v) is 9.05. The zero-order chi connectivity index (χ0) is 16.6. The zero-order valence-electron chi connectivity index (χ0n) is 14.4. The molecule has 0 spiro atoms. The number of aldehydes is 1. The maximum absolute atomic E-state index is 11.3. The molecule has 0 bridgehead atoms. The van der Waals surface area contributed by atoms with Crippen LogP contribution in [0.15, 0.2) is 0 Å². The molecule has 0 aliphatic rings. The minimum atomic E-state index is -0.624. The van der Waals surface area contributed by atoms with E-state index in [4.69, 9.17) is 25.8 Å². The van der Waals surface area contributed by atoms with Crippen molar-refractivity contribution in [3.8, 4) is 0 Å². The molecule has 132 valence electrons. The second-order valence-electron chi connectivity index (χ2n) is 5.46. The zero-order valence-corrected chi connectivity index (χ0v) is 15.1. The predicted molar refractivity (Wildman–Crippen MR) is 90.7 cm³/mol. The Bertz CT molecular complexity index is 251. The average molecular weight is 337 g/mol. The Morgan fingerprint density at radius 2 is 1.45 bits per heavy atom. The van der Waals surface area contributed by atoms with Crippen molar-refractivity contribution in [3.05, 3.63) is 0 Å². The number of rotatable bonds is 16. The van der Waals surface area contributed by atoms with Crippen molar-refractivity contribution in [3.63, 3.8) is 0 Å². The van der Waals surface area contributed by atoms with Crippen molar-refractivity contribution in [2.24, 2.45) is 0 Å². The van der Waals surface area contributed by atoms with Gasteiger partial charge < -0.3 is 19.0 Å². The van der Waals surface area contributed by atoms with Gasteiger partial charge in [-0.05, 0) is 19.3 Å². The van der Waals surface area contributed by atoms with Gasteiger partial charge in [0.25, 0.3) is 0 Å². The second-order valence-corrected chi connectivity index (χ2v) is 6.02. The highest BCUT2D eigenvalue weighted by Crippen LogP contribution is 2.15. The highest BCUT2D eigenvalue weighted by molar-refractivity contribution is 6.21. The van der Waals surface area contributed by atoms with Crippen molar-refractivity contribution in [1.82, 2.24) is 0 Å². The van der Waals surface area contributed by atoms with Gasteiger partial charge in [0.05, 0.1) is 12.0 Å². The fourth-order valence-corrected chi connectivity index (χ4v) is 2.19. The Balaban J connectivity index is 4.43. The summed E-state index contributed by atoms with van der Waals surface area (Å²) in [6.07, 6.45) is 5.74. The van der Waals surface area contributed by atoms with Gasteiger partial charge in [-0.1, -0.05) is 40.0 Å². The highest BCUT2D eigenvalue weighted by Gasteiger charge is 2.30. The van der Waals surface area contributed by atoms with Crippen molar-refractivity contribution < 1.29 is 19.0 Å². The number of hydrogen-bond acceptors (Lipinski definition) is 4. The molecule has 0 amide bonds. The molecule has 0 aromatic rings. The normalized spacial score (nSPS) is 15.5. The van der Waals surface area contributed by atoms with Crippen LogP contribution in [0.3, 0.4) is 0 Å². The minimum absolute atomic E-state index is 0.375. The molecule has 0 fully saturated rings. The monoisotopic (exact) mass is 336 g/mol. The lowest BCUT2D eigenvalue weighted by Crippen LogP contribution is -2.42. The molecule has 4 nitrogen and oxygen atoms in total. The molecule has 22 heavy (non-hydrogen) atoms. The molecule has 5 heteroatoms. The van der Waals surface area contributed by atoms with Crippen molar-refractivity contribution in [2.45, 2.75) is 76.9 Å². The van der Waals surface area contributed by atoms with Crippen molar-refractivity contribution in [2.75, 3.05) is 26.4 Å². The van der Waals surface area contributed by atoms with E-state index >= 15 is 0 Å². The lowest BCUT2D eigenvalue weighted by atomic mass is 10.1. The maximum atomic E-state index is 11.3. The van der Waals surface area contributed by atoms with Crippen molar-refractivity contribution in [1.29, 1.82) is 0 Å². The standard InChI is InChI=1S/C17H33ClO4/c1-4-7-10-20-14-15(18)17(22-12-9-6-3)16(13-19)21-11-8-5-2/h13,15-17H,4-12,14H2,1-3H3. The largest absolute Gasteiger partial charge is 0.380 e. The molecule has 0 N–H and O–H groups in total. The number of carbonyl (C=O) groups is 1. The van der Waals surface area contributed by atoms with E-state index in [9.17, 15) is 4.79 Å². The Hall–Kier alpha value is -0.160. The molecule has 0 heterocycles. The third-order valence-electron chi connectivity index (χ3n) is 3.35. The smallest absolute Gasteiger partial charge is 0.151 e. The highest BCUT2D eigenvalue weighted by atomic mass is 35.5. The Labute approximate surface area is 140 Å². The number of hydrogen-bond donors (Lipinski definition) is 0. The molecular formula is C17H33ClO4. The fraction of sp³-hybridized carbons (Fsp3) is 0.941. The van der Waals surface area contributed by atoms with E-state index in [0.717, 1.165) is 44.8 Å². The second kappa shape index (κ2) is 15.7. The van der Waals surface area contributed by atoms with Gasteiger partial charge in [0.1, 0.15) is 12.2 Å². The van der Waals surface area contributed by atoms with E-state index in [0.29, 0.717) is 26.4 Å². The fourth-order valence-electron chi connectivity index (χ4n) is 1.88. The van der Waals surface area contributed by atoms with Gasteiger partial charge in [-0.3, -0.25) is 0 Å². The summed E-state index contributed by atoms with van der Waals surface area (Å²) in [4.78, 5) is 11.3. The number of unbranched alkanes of at least 4 members (excludes halogenated alkanes) is 3. The van der Waals surface area contributed by atoms with Crippen LogP contribution in [0.2, 0.25) is 0 Å². The lowest BCUT2D eigenvalue weighted by Gasteiger charge is -2.27. The van der Waals surface area contributed by atoms with Crippen LogP contribution >= 0.6 is 11.6 Å². The van der Waals surface area contributed by atoms with Gasteiger partial charge in [0.2, 0.25) is 0 Å². The van der Waals surface area contributed by atoms with E-state index in [1.807, 2.05) is 0 Å². The third-order valence-corrected chi connectivity index (χ3v) is 3.72. The number of alkyl halides is 1. The third kappa shape index (κ3) is 10.5. The quantitative estimate of drug-likeness (QED) is 0.243. The van der Waals surface area contributed by atoms with Crippen LogP contribution in [-0.4, -0.2) is 50.3 Å². The molecule has 0 aliphatic heterocycles. The van der Waals surface area contributed by atoms with Crippen LogP contribution in [0.4, 0.5) is 0 Å². The molecule has 3 atom stereocenters. The van der Waals surface area contributed by atoms with Crippen LogP contribution in [0.1, 0.15) is 59.3 Å². The average Bonchev–Trinajstić information content (AvgIpc) is 2.53. The van der Waals surface area contributed by atoms with Crippen LogP contribution in [0, 0.1) is 0 Å². The topological polar surface area (TPSA) is 44.8 Å². The van der Waals surface area contributed by atoms with E-state index in [1.54, 1.807) is 0 Å². The number of halogens is 1. The van der Waals surface area contributed by atoms with E-state index in [1.165, 1.54) is 0 Å². The summed E-state index contributed by atoms with van der Waals surface area (Å²) >= 11 is 6.40. The summed E-state index contributed by atoms with van der Waals surface area (Å²) in [6.45, 7) is 8.49. The van der Waals surface area contributed by atoms with Gasteiger partial charge in [-0.15, -0.1) is 11.6 Å². The first-order chi connectivity index (χ1) is 10.7. The molecule has 0 aliphatic carbocycles. The van der Waals surface area contributed by atoms with E-state index in [2.05, 4.69) is 20.8 Å².